The van der Waals surface area contributed by atoms with Crippen LogP contribution in [-0.2, 0) is 16.1 Å². The minimum atomic E-state index is 0.202. The molecule has 0 unspecified atom stereocenters. The Morgan fingerprint density at radius 1 is 1.26 bits per heavy atom. The molecule has 23 heavy (non-hydrogen) atoms. The zero-order valence-electron chi connectivity index (χ0n) is 14.1. The Hall–Kier alpha value is -1.35. The average Bonchev–Trinajstić information content (AvgIpc) is 2.55. The third-order valence-corrected chi connectivity index (χ3v) is 5.09. The molecule has 1 aromatic carbocycles. The van der Waals surface area contributed by atoms with Gasteiger partial charge < -0.3 is 4.90 Å². The first-order valence-electron chi connectivity index (χ1n) is 8.55. The standard InChI is InChI=1S/C19H26ClNO2/c1-3-14(2)21(13-16-4-8-17(20)9-5-16)19(23)12-15-6-10-18(22)11-7-15/h4-5,8-9,14-15H,3,6-7,10-13H2,1-2H3/t14-/m0/s1. The third kappa shape index (κ3) is 5.35. The fourth-order valence-corrected chi connectivity index (χ4v) is 3.19. The van der Waals surface area contributed by atoms with Crippen molar-refractivity contribution in [3.05, 3.63) is 34.9 Å². The summed E-state index contributed by atoms with van der Waals surface area (Å²) in [6, 6.07) is 7.89. The fourth-order valence-electron chi connectivity index (χ4n) is 3.06. The van der Waals surface area contributed by atoms with E-state index < -0.39 is 0 Å². The average molecular weight is 336 g/mol. The Morgan fingerprint density at radius 3 is 2.43 bits per heavy atom. The highest BCUT2D eigenvalue weighted by Gasteiger charge is 2.25. The lowest BCUT2D eigenvalue weighted by molar-refractivity contribution is -0.136. The molecule has 0 heterocycles. The van der Waals surface area contributed by atoms with Crippen molar-refractivity contribution in [2.45, 2.75) is 65.0 Å². The van der Waals surface area contributed by atoms with Crippen LogP contribution in [0.15, 0.2) is 24.3 Å². The quantitative estimate of drug-likeness (QED) is 0.760. The lowest BCUT2D eigenvalue weighted by atomic mass is 9.86. The fraction of sp³-hybridized carbons (Fsp3) is 0.579. The largest absolute Gasteiger partial charge is 0.336 e. The summed E-state index contributed by atoms with van der Waals surface area (Å²) in [5.41, 5.74) is 1.10. The van der Waals surface area contributed by atoms with Crippen molar-refractivity contribution in [1.82, 2.24) is 4.90 Å². The number of carbonyl (C=O) groups is 2. The number of benzene rings is 1. The van der Waals surface area contributed by atoms with Crippen LogP contribution in [0.1, 0.15) is 57.9 Å². The summed E-state index contributed by atoms with van der Waals surface area (Å²) in [5.74, 6) is 0.902. The van der Waals surface area contributed by atoms with Gasteiger partial charge in [-0.2, -0.15) is 0 Å². The first-order valence-corrected chi connectivity index (χ1v) is 8.93. The summed E-state index contributed by atoms with van der Waals surface area (Å²) >= 11 is 5.93. The molecule has 1 aliphatic rings. The second-order valence-electron chi connectivity index (χ2n) is 6.59. The van der Waals surface area contributed by atoms with Crippen LogP contribution in [0.5, 0.6) is 0 Å². The number of hydrogen-bond acceptors (Lipinski definition) is 2. The molecule has 1 fully saturated rings. The lowest BCUT2D eigenvalue weighted by Crippen LogP contribution is -2.39. The summed E-state index contributed by atoms with van der Waals surface area (Å²) in [4.78, 5) is 26.1. The van der Waals surface area contributed by atoms with Crippen molar-refractivity contribution in [2.24, 2.45) is 5.92 Å². The summed E-state index contributed by atoms with van der Waals surface area (Å²) in [6.07, 6.45) is 4.49. The topological polar surface area (TPSA) is 37.4 Å². The number of nitrogens with zero attached hydrogens (tertiary/aromatic N) is 1. The van der Waals surface area contributed by atoms with Gasteiger partial charge in [0.25, 0.3) is 0 Å². The number of halogens is 1. The van der Waals surface area contributed by atoms with Gasteiger partial charge in [-0.1, -0.05) is 30.7 Å². The Labute approximate surface area is 144 Å². The molecule has 1 aromatic rings. The second-order valence-corrected chi connectivity index (χ2v) is 7.03. The van der Waals surface area contributed by atoms with Crippen molar-refractivity contribution in [3.63, 3.8) is 0 Å². The highest BCUT2D eigenvalue weighted by molar-refractivity contribution is 6.30. The molecular formula is C19H26ClNO2. The molecule has 1 atom stereocenters. The van der Waals surface area contributed by atoms with E-state index in [-0.39, 0.29) is 11.9 Å². The van der Waals surface area contributed by atoms with E-state index >= 15 is 0 Å². The van der Waals surface area contributed by atoms with Crippen molar-refractivity contribution in [1.29, 1.82) is 0 Å². The van der Waals surface area contributed by atoms with Crippen molar-refractivity contribution < 1.29 is 9.59 Å². The normalized spacial score (nSPS) is 17.1. The predicted octanol–water partition coefficient (Wildman–Crippen LogP) is 4.62. The smallest absolute Gasteiger partial charge is 0.223 e. The van der Waals surface area contributed by atoms with Gasteiger partial charge in [0.05, 0.1) is 0 Å². The Bertz CT molecular complexity index is 531. The van der Waals surface area contributed by atoms with E-state index in [1.807, 2.05) is 29.2 Å². The Morgan fingerprint density at radius 2 is 1.87 bits per heavy atom. The van der Waals surface area contributed by atoms with Crippen LogP contribution in [0, 0.1) is 5.92 Å². The first-order chi connectivity index (χ1) is 11.0. The molecule has 0 radical (unpaired) electrons. The number of ketones is 1. The molecule has 3 nitrogen and oxygen atoms in total. The molecule has 4 heteroatoms. The van der Waals surface area contributed by atoms with E-state index in [4.69, 9.17) is 11.6 Å². The molecule has 0 spiro atoms. The molecule has 0 saturated heterocycles. The lowest BCUT2D eigenvalue weighted by Gasteiger charge is -2.31. The monoisotopic (exact) mass is 335 g/mol. The van der Waals surface area contributed by atoms with Crippen LogP contribution in [0.4, 0.5) is 0 Å². The van der Waals surface area contributed by atoms with E-state index in [1.54, 1.807) is 0 Å². The van der Waals surface area contributed by atoms with Crippen LogP contribution in [0.25, 0.3) is 0 Å². The molecule has 2 rings (SSSR count). The van der Waals surface area contributed by atoms with Gasteiger partial charge in [0.15, 0.2) is 0 Å². The maximum Gasteiger partial charge on any atom is 0.223 e. The number of rotatable bonds is 6. The Balaban J connectivity index is 2.00. The molecule has 0 aliphatic heterocycles. The minimum absolute atomic E-state index is 0.202. The van der Waals surface area contributed by atoms with E-state index in [0.717, 1.165) is 24.8 Å². The molecule has 1 aliphatic carbocycles. The van der Waals surface area contributed by atoms with E-state index in [0.29, 0.717) is 42.5 Å². The zero-order valence-corrected chi connectivity index (χ0v) is 14.8. The number of carbonyl (C=O) groups excluding carboxylic acids is 2. The van der Waals surface area contributed by atoms with Crippen molar-refractivity contribution in [3.8, 4) is 0 Å². The summed E-state index contributed by atoms with van der Waals surface area (Å²) in [7, 11) is 0. The molecule has 1 amide bonds. The number of hydrogen-bond donors (Lipinski definition) is 0. The van der Waals surface area contributed by atoms with Crippen LogP contribution in [0.3, 0.4) is 0 Å². The van der Waals surface area contributed by atoms with Gasteiger partial charge in [0, 0.05) is 36.9 Å². The van der Waals surface area contributed by atoms with Crippen molar-refractivity contribution in [2.75, 3.05) is 0 Å². The molecular weight excluding hydrogens is 310 g/mol. The minimum Gasteiger partial charge on any atom is -0.336 e. The zero-order chi connectivity index (χ0) is 16.8. The van der Waals surface area contributed by atoms with Gasteiger partial charge in [0.2, 0.25) is 5.91 Å². The first kappa shape index (κ1) is 18.0. The molecule has 1 saturated carbocycles. The number of amides is 1. The van der Waals surface area contributed by atoms with Gasteiger partial charge in [-0.25, -0.2) is 0 Å². The van der Waals surface area contributed by atoms with Gasteiger partial charge in [-0.15, -0.1) is 0 Å². The maximum absolute atomic E-state index is 12.8. The van der Waals surface area contributed by atoms with Gasteiger partial charge in [-0.3, -0.25) is 9.59 Å². The van der Waals surface area contributed by atoms with E-state index in [2.05, 4.69) is 13.8 Å². The molecule has 126 valence electrons. The van der Waals surface area contributed by atoms with Crippen LogP contribution >= 0.6 is 11.6 Å². The van der Waals surface area contributed by atoms with Crippen LogP contribution < -0.4 is 0 Å². The second kappa shape index (κ2) is 8.49. The maximum atomic E-state index is 12.8. The third-order valence-electron chi connectivity index (χ3n) is 4.84. The van der Waals surface area contributed by atoms with Crippen LogP contribution in [-0.4, -0.2) is 22.6 Å². The molecule has 0 N–H and O–H groups in total. The van der Waals surface area contributed by atoms with Gasteiger partial charge >= 0.3 is 0 Å². The number of Topliss-reactive ketones (excluding diaryl/α,β-unsaturated/α-hetero) is 1. The van der Waals surface area contributed by atoms with Gasteiger partial charge in [0.1, 0.15) is 5.78 Å². The summed E-state index contributed by atoms with van der Waals surface area (Å²) in [6.45, 7) is 4.82. The van der Waals surface area contributed by atoms with Crippen molar-refractivity contribution >= 4 is 23.3 Å². The highest BCUT2D eigenvalue weighted by Crippen LogP contribution is 2.26. The van der Waals surface area contributed by atoms with E-state index in [9.17, 15) is 9.59 Å². The summed E-state index contributed by atoms with van der Waals surface area (Å²) in [5, 5.41) is 0.710. The molecule has 0 bridgehead atoms. The SMILES string of the molecule is CC[C@H](C)N(Cc1ccc(Cl)cc1)C(=O)CC1CCC(=O)CC1. The van der Waals surface area contributed by atoms with E-state index in [1.165, 1.54) is 0 Å². The summed E-state index contributed by atoms with van der Waals surface area (Å²) < 4.78 is 0. The van der Waals surface area contributed by atoms with Gasteiger partial charge in [-0.05, 0) is 49.8 Å². The highest BCUT2D eigenvalue weighted by atomic mass is 35.5. The molecule has 0 aromatic heterocycles. The van der Waals surface area contributed by atoms with Crippen LogP contribution in [0.2, 0.25) is 5.02 Å². The predicted molar refractivity (Wildman–Crippen MR) is 93.3 cm³/mol. The Kier molecular flexibility index (Phi) is 6.64.